The average molecular weight is 223 g/mol. The van der Waals surface area contributed by atoms with E-state index in [0.29, 0.717) is 6.04 Å². The maximum absolute atomic E-state index is 4.30. The predicted octanol–water partition coefficient (Wildman–Crippen LogP) is 0.389. The Labute approximate surface area is 96.8 Å². The molecule has 1 unspecified atom stereocenters. The molecule has 5 nitrogen and oxygen atoms in total. The minimum absolute atomic E-state index is 0.664. The van der Waals surface area contributed by atoms with Gasteiger partial charge in [0.25, 0.3) is 0 Å². The molecule has 1 aromatic heterocycles. The number of nitrogens with one attached hydrogen (secondary N) is 1. The van der Waals surface area contributed by atoms with E-state index in [0.717, 1.165) is 32.0 Å². The molecule has 1 N–H and O–H groups in total. The minimum atomic E-state index is 0.664. The molecule has 2 rings (SSSR count). The number of rotatable bonds is 5. The highest BCUT2D eigenvalue weighted by Gasteiger charge is 2.22. The molecule has 0 radical (unpaired) electrons. The van der Waals surface area contributed by atoms with Gasteiger partial charge in [0.05, 0.1) is 6.54 Å². The highest BCUT2D eigenvalue weighted by molar-refractivity contribution is 4.88. The molecule has 2 heterocycles. The lowest BCUT2D eigenvalue weighted by Gasteiger charge is -2.27. The summed E-state index contributed by atoms with van der Waals surface area (Å²) >= 11 is 0. The molecule has 0 saturated carbocycles. The van der Waals surface area contributed by atoms with Gasteiger partial charge < -0.3 is 5.32 Å². The predicted molar refractivity (Wildman–Crippen MR) is 63.0 cm³/mol. The second-order valence-electron chi connectivity index (χ2n) is 4.42. The third-order valence-corrected chi connectivity index (χ3v) is 3.21. The Hall–Kier alpha value is -0.940. The van der Waals surface area contributed by atoms with Crippen molar-refractivity contribution in [3.8, 4) is 0 Å². The van der Waals surface area contributed by atoms with Gasteiger partial charge in [-0.2, -0.15) is 5.10 Å². The van der Waals surface area contributed by atoms with E-state index < -0.39 is 0 Å². The molecule has 0 bridgehead atoms. The van der Waals surface area contributed by atoms with Crippen molar-refractivity contribution in [2.24, 2.45) is 7.05 Å². The van der Waals surface area contributed by atoms with Crippen LogP contribution in [0.2, 0.25) is 0 Å². The van der Waals surface area contributed by atoms with Crippen LogP contribution in [0.3, 0.4) is 0 Å². The molecular weight excluding hydrogens is 202 g/mol. The van der Waals surface area contributed by atoms with E-state index in [9.17, 15) is 0 Å². The third-order valence-electron chi connectivity index (χ3n) is 3.21. The van der Waals surface area contributed by atoms with Gasteiger partial charge in [0.2, 0.25) is 0 Å². The smallest absolute Gasteiger partial charge is 0.140 e. The molecule has 0 aliphatic carbocycles. The standard InChI is InChI=1S/C11H21N5/c1-3-6-16(10-4-5-12-7-10)8-11-13-9-14-15(11)2/h9-10,12H,3-8H2,1-2H3. The van der Waals surface area contributed by atoms with Crippen LogP contribution in [-0.2, 0) is 13.6 Å². The largest absolute Gasteiger partial charge is 0.315 e. The van der Waals surface area contributed by atoms with Crippen LogP contribution >= 0.6 is 0 Å². The minimum Gasteiger partial charge on any atom is -0.315 e. The Balaban J connectivity index is 1.99. The Kier molecular flexibility index (Phi) is 3.90. The molecule has 0 spiro atoms. The Morgan fingerprint density at radius 3 is 3.06 bits per heavy atom. The first kappa shape index (κ1) is 11.5. The molecule has 16 heavy (non-hydrogen) atoms. The zero-order valence-electron chi connectivity index (χ0n) is 10.2. The zero-order chi connectivity index (χ0) is 11.4. The summed E-state index contributed by atoms with van der Waals surface area (Å²) in [5, 5.41) is 7.54. The number of aryl methyl sites for hydroxylation is 1. The molecule has 1 aliphatic rings. The summed E-state index contributed by atoms with van der Waals surface area (Å²) in [5.41, 5.74) is 0. The summed E-state index contributed by atoms with van der Waals surface area (Å²) < 4.78 is 1.87. The van der Waals surface area contributed by atoms with E-state index in [-0.39, 0.29) is 0 Å². The maximum atomic E-state index is 4.30. The fourth-order valence-electron chi connectivity index (χ4n) is 2.27. The summed E-state index contributed by atoms with van der Waals surface area (Å²) in [6, 6.07) is 0.664. The highest BCUT2D eigenvalue weighted by atomic mass is 15.3. The summed E-state index contributed by atoms with van der Waals surface area (Å²) in [6.45, 7) is 6.53. The molecule has 1 aliphatic heterocycles. The van der Waals surface area contributed by atoms with E-state index in [1.807, 2.05) is 11.7 Å². The van der Waals surface area contributed by atoms with Crippen molar-refractivity contribution >= 4 is 0 Å². The lowest BCUT2D eigenvalue weighted by molar-refractivity contribution is 0.192. The maximum Gasteiger partial charge on any atom is 0.140 e. The van der Waals surface area contributed by atoms with Crippen molar-refractivity contribution in [3.05, 3.63) is 12.2 Å². The van der Waals surface area contributed by atoms with Gasteiger partial charge in [0, 0.05) is 19.6 Å². The van der Waals surface area contributed by atoms with Crippen LogP contribution in [0.1, 0.15) is 25.6 Å². The fourth-order valence-corrected chi connectivity index (χ4v) is 2.27. The van der Waals surface area contributed by atoms with E-state index >= 15 is 0 Å². The van der Waals surface area contributed by atoms with Crippen molar-refractivity contribution in [2.45, 2.75) is 32.4 Å². The first-order valence-corrected chi connectivity index (χ1v) is 6.09. The van der Waals surface area contributed by atoms with Gasteiger partial charge >= 0.3 is 0 Å². The topological polar surface area (TPSA) is 46.0 Å². The van der Waals surface area contributed by atoms with Gasteiger partial charge in [0.15, 0.2) is 0 Å². The van der Waals surface area contributed by atoms with Crippen molar-refractivity contribution in [3.63, 3.8) is 0 Å². The number of hydrogen-bond donors (Lipinski definition) is 1. The van der Waals surface area contributed by atoms with Crippen LogP contribution in [0, 0.1) is 0 Å². The van der Waals surface area contributed by atoms with Crippen LogP contribution in [0.4, 0.5) is 0 Å². The summed E-state index contributed by atoms with van der Waals surface area (Å²) in [6.07, 6.45) is 4.07. The summed E-state index contributed by atoms with van der Waals surface area (Å²) in [4.78, 5) is 6.82. The number of hydrogen-bond acceptors (Lipinski definition) is 4. The van der Waals surface area contributed by atoms with E-state index in [1.165, 1.54) is 12.8 Å². The molecule has 1 fully saturated rings. The van der Waals surface area contributed by atoms with Gasteiger partial charge in [-0.05, 0) is 25.9 Å². The Morgan fingerprint density at radius 2 is 2.50 bits per heavy atom. The highest BCUT2D eigenvalue weighted by Crippen LogP contribution is 2.12. The molecule has 0 amide bonds. The van der Waals surface area contributed by atoms with Crippen molar-refractivity contribution in [1.82, 2.24) is 25.0 Å². The number of aromatic nitrogens is 3. The van der Waals surface area contributed by atoms with Gasteiger partial charge in [-0.15, -0.1) is 0 Å². The van der Waals surface area contributed by atoms with Crippen LogP contribution < -0.4 is 5.32 Å². The van der Waals surface area contributed by atoms with E-state index in [4.69, 9.17) is 0 Å². The third kappa shape index (κ3) is 2.59. The molecule has 1 atom stereocenters. The van der Waals surface area contributed by atoms with Gasteiger partial charge in [0.1, 0.15) is 12.2 Å². The van der Waals surface area contributed by atoms with E-state index in [2.05, 4.69) is 27.2 Å². The van der Waals surface area contributed by atoms with E-state index in [1.54, 1.807) is 6.33 Å². The van der Waals surface area contributed by atoms with Gasteiger partial charge in [-0.3, -0.25) is 9.58 Å². The summed E-state index contributed by atoms with van der Waals surface area (Å²) in [7, 11) is 1.96. The lowest BCUT2D eigenvalue weighted by Crippen LogP contribution is -2.37. The molecule has 90 valence electrons. The number of nitrogens with zero attached hydrogens (tertiary/aromatic N) is 4. The summed E-state index contributed by atoms with van der Waals surface area (Å²) in [5.74, 6) is 1.06. The lowest BCUT2D eigenvalue weighted by atomic mass is 10.2. The SMILES string of the molecule is CCCN(Cc1ncnn1C)C1CCNC1. The second-order valence-corrected chi connectivity index (χ2v) is 4.42. The van der Waals surface area contributed by atoms with Crippen molar-refractivity contribution in [1.29, 1.82) is 0 Å². The first-order valence-electron chi connectivity index (χ1n) is 6.09. The zero-order valence-corrected chi connectivity index (χ0v) is 10.2. The fraction of sp³-hybridized carbons (Fsp3) is 0.818. The van der Waals surface area contributed by atoms with Crippen LogP contribution in [0.25, 0.3) is 0 Å². The van der Waals surface area contributed by atoms with Crippen LogP contribution in [0.15, 0.2) is 6.33 Å². The molecule has 0 aromatic carbocycles. The Bertz CT molecular complexity index is 316. The molecule has 1 saturated heterocycles. The first-order chi connectivity index (χ1) is 7.81. The second kappa shape index (κ2) is 5.41. The van der Waals surface area contributed by atoms with Crippen molar-refractivity contribution in [2.75, 3.05) is 19.6 Å². The quantitative estimate of drug-likeness (QED) is 0.784. The Morgan fingerprint density at radius 1 is 1.62 bits per heavy atom. The van der Waals surface area contributed by atoms with Crippen LogP contribution in [-0.4, -0.2) is 45.3 Å². The molecule has 5 heteroatoms. The molecular formula is C11H21N5. The van der Waals surface area contributed by atoms with Crippen LogP contribution in [0.5, 0.6) is 0 Å². The van der Waals surface area contributed by atoms with Crippen molar-refractivity contribution < 1.29 is 0 Å². The average Bonchev–Trinajstić information content (AvgIpc) is 2.90. The molecule has 1 aromatic rings. The van der Waals surface area contributed by atoms with Gasteiger partial charge in [-0.1, -0.05) is 6.92 Å². The van der Waals surface area contributed by atoms with Gasteiger partial charge in [-0.25, -0.2) is 4.98 Å². The normalized spacial score (nSPS) is 20.8. The monoisotopic (exact) mass is 223 g/mol.